The second kappa shape index (κ2) is 9.43. The molecule has 0 unspecified atom stereocenters. The molecule has 6 nitrogen and oxygen atoms in total. The normalized spacial score (nSPS) is 11.9. The number of aromatic nitrogens is 1. The molecule has 0 spiro atoms. The summed E-state index contributed by atoms with van der Waals surface area (Å²) in [6.45, 7) is 7.02. The van der Waals surface area contributed by atoms with Crippen molar-refractivity contribution in [2.75, 3.05) is 37.3 Å². The molecule has 0 aliphatic carbocycles. The molecule has 160 valence electrons. The second-order valence-corrected chi connectivity index (χ2v) is 10.3. The van der Waals surface area contributed by atoms with E-state index in [2.05, 4.69) is 23.7 Å². The number of rotatable bonds is 8. The molecular weight excluding hydrogens is 442 g/mol. The molecule has 0 aliphatic heterocycles. The molecule has 3 aromatic rings. The smallest absolute Gasteiger partial charge is 0.260 e. The Bertz CT molecular complexity index is 1140. The van der Waals surface area contributed by atoms with Crippen molar-refractivity contribution in [1.29, 1.82) is 0 Å². The summed E-state index contributed by atoms with van der Waals surface area (Å²) in [5, 5.41) is 1.03. The van der Waals surface area contributed by atoms with Gasteiger partial charge in [0.25, 0.3) is 5.91 Å². The van der Waals surface area contributed by atoms with E-state index < -0.39 is 9.84 Å². The van der Waals surface area contributed by atoms with E-state index in [-0.39, 0.29) is 10.8 Å². The lowest BCUT2D eigenvalue weighted by Gasteiger charge is -2.24. The maximum absolute atomic E-state index is 13.3. The van der Waals surface area contributed by atoms with Crippen LogP contribution in [0.1, 0.15) is 24.2 Å². The van der Waals surface area contributed by atoms with Gasteiger partial charge in [0, 0.05) is 29.9 Å². The van der Waals surface area contributed by atoms with Crippen LogP contribution in [0.15, 0.2) is 47.4 Å². The lowest BCUT2D eigenvalue weighted by atomic mass is 10.2. The Labute approximate surface area is 186 Å². The van der Waals surface area contributed by atoms with Crippen LogP contribution >= 0.6 is 22.9 Å². The molecule has 0 saturated carbocycles. The maximum atomic E-state index is 13.3. The summed E-state index contributed by atoms with van der Waals surface area (Å²) >= 11 is 7.28. The first-order valence-electron chi connectivity index (χ1n) is 9.64. The minimum absolute atomic E-state index is 0.171. The zero-order chi connectivity index (χ0) is 21.9. The summed E-state index contributed by atoms with van der Waals surface area (Å²) in [7, 11) is -3.43. The molecule has 1 amide bonds. The Kier molecular flexibility index (Phi) is 7.13. The fourth-order valence-corrected chi connectivity index (χ4v) is 5.18. The number of amides is 1. The molecule has 0 radical (unpaired) electrons. The summed E-state index contributed by atoms with van der Waals surface area (Å²) in [5.41, 5.74) is 0.901. The standard InChI is InChI=1S/C21H24ClN3O3S2/c1-4-24(5-2)13-14-25(20(26)15-9-11-16(22)12-10-15)21-23-19-17(29-21)7-6-8-18(19)30(3,27)28/h6-12H,4-5,13-14H2,1-3H3. The number of anilines is 1. The zero-order valence-electron chi connectivity index (χ0n) is 17.1. The highest BCUT2D eigenvalue weighted by Gasteiger charge is 2.24. The molecule has 1 heterocycles. The molecular formula is C21H24ClN3O3S2. The van der Waals surface area contributed by atoms with Gasteiger partial charge in [0.1, 0.15) is 5.52 Å². The average molecular weight is 466 g/mol. The van der Waals surface area contributed by atoms with Gasteiger partial charge < -0.3 is 4.90 Å². The summed E-state index contributed by atoms with van der Waals surface area (Å²) in [5.74, 6) is -0.196. The first-order chi connectivity index (χ1) is 14.2. The van der Waals surface area contributed by atoms with Crippen LogP contribution in [-0.2, 0) is 9.84 Å². The first-order valence-corrected chi connectivity index (χ1v) is 12.7. The van der Waals surface area contributed by atoms with Crippen molar-refractivity contribution in [2.24, 2.45) is 0 Å². The van der Waals surface area contributed by atoms with Gasteiger partial charge in [0.2, 0.25) is 0 Å². The number of hydrogen-bond acceptors (Lipinski definition) is 6. The van der Waals surface area contributed by atoms with E-state index in [1.54, 1.807) is 41.3 Å². The molecule has 0 fully saturated rings. The van der Waals surface area contributed by atoms with Crippen LogP contribution in [-0.4, -0.2) is 56.6 Å². The Morgan fingerprint density at radius 3 is 2.33 bits per heavy atom. The highest BCUT2D eigenvalue weighted by Crippen LogP contribution is 2.33. The third-order valence-corrected chi connectivity index (χ3v) is 7.30. The number of hydrogen-bond donors (Lipinski definition) is 0. The molecule has 0 bridgehead atoms. The minimum atomic E-state index is -3.43. The molecule has 0 aliphatic rings. The van der Waals surface area contributed by atoms with Crippen LogP contribution in [0.3, 0.4) is 0 Å². The van der Waals surface area contributed by atoms with E-state index in [0.717, 1.165) is 24.0 Å². The van der Waals surface area contributed by atoms with Crippen molar-refractivity contribution < 1.29 is 13.2 Å². The van der Waals surface area contributed by atoms with Crippen LogP contribution < -0.4 is 4.90 Å². The number of likely N-dealkylation sites (N-methyl/N-ethyl adjacent to an activating group) is 1. The summed E-state index contributed by atoms with van der Waals surface area (Å²) in [4.78, 5) is 21.9. The van der Waals surface area contributed by atoms with Gasteiger partial charge in [-0.15, -0.1) is 0 Å². The number of carbonyl (C=O) groups excluding carboxylic acids is 1. The Morgan fingerprint density at radius 1 is 1.07 bits per heavy atom. The van der Waals surface area contributed by atoms with Gasteiger partial charge in [-0.2, -0.15) is 0 Å². The van der Waals surface area contributed by atoms with Gasteiger partial charge in [0.15, 0.2) is 15.0 Å². The van der Waals surface area contributed by atoms with Crippen molar-refractivity contribution in [3.8, 4) is 0 Å². The monoisotopic (exact) mass is 465 g/mol. The van der Waals surface area contributed by atoms with E-state index in [0.29, 0.717) is 34.3 Å². The summed E-state index contributed by atoms with van der Waals surface area (Å²) < 4.78 is 25.1. The van der Waals surface area contributed by atoms with Crippen LogP contribution in [0.2, 0.25) is 5.02 Å². The van der Waals surface area contributed by atoms with Crippen LogP contribution in [0.25, 0.3) is 10.2 Å². The SMILES string of the molecule is CCN(CC)CCN(C(=O)c1ccc(Cl)cc1)c1nc2c(S(C)(=O)=O)cccc2s1. The first kappa shape index (κ1) is 22.7. The van der Waals surface area contributed by atoms with Crippen molar-refractivity contribution >= 4 is 54.0 Å². The topological polar surface area (TPSA) is 70.6 Å². The highest BCUT2D eigenvalue weighted by molar-refractivity contribution is 7.91. The van der Waals surface area contributed by atoms with Gasteiger partial charge in [-0.1, -0.05) is 42.9 Å². The predicted molar refractivity (Wildman–Crippen MR) is 124 cm³/mol. The molecule has 1 aromatic heterocycles. The van der Waals surface area contributed by atoms with E-state index in [4.69, 9.17) is 11.6 Å². The van der Waals surface area contributed by atoms with Crippen LogP contribution in [0, 0.1) is 0 Å². The Hall–Kier alpha value is -2.00. The number of thiazole rings is 1. The summed E-state index contributed by atoms with van der Waals surface area (Å²) in [6.07, 6.45) is 1.16. The van der Waals surface area contributed by atoms with Crippen molar-refractivity contribution in [3.63, 3.8) is 0 Å². The number of benzene rings is 2. The Morgan fingerprint density at radius 2 is 1.73 bits per heavy atom. The van der Waals surface area contributed by atoms with Gasteiger partial charge in [-0.3, -0.25) is 9.69 Å². The van der Waals surface area contributed by atoms with Gasteiger partial charge >= 0.3 is 0 Å². The number of sulfone groups is 1. The van der Waals surface area contributed by atoms with Crippen molar-refractivity contribution in [1.82, 2.24) is 9.88 Å². The highest BCUT2D eigenvalue weighted by atomic mass is 35.5. The quantitative estimate of drug-likeness (QED) is 0.494. The van der Waals surface area contributed by atoms with E-state index in [9.17, 15) is 13.2 Å². The van der Waals surface area contributed by atoms with Gasteiger partial charge in [0.05, 0.1) is 9.60 Å². The molecule has 30 heavy (non-hydrogen) atoms. The predicted octanol–water partition coefficient (Wildman–Crippen LogP) is 4.34. The summed E-state index contributed by atoms with van der Waals surface area (Å²) in [6, 6.07) is 11.8. The van der Waals surface area contributed by atoms with Gasteiger partial charge in [-0.05, 0) is 49.5 Å². The second-order valence-electron chi connectivity index (χ2n) is 6.86. The number of para-hydroxylation sites is 1. The molecule has 0 N–H and O–H groups in total. The lowest BCUT2D eigenvalue weighted by Crippen LogP contribution is -2.38. The van der Waals surface area contributed by atoms with E-state index in [1.165, 1.54) is 11.3 Å². The fourth-order valence-electron chi connectivity index (χ4n) is 3.14. The third kappa shape index (κ3) is 5.00. The maximum Gasteiger partial charge on any atom is 0.260 e. The Balaban J connectivity index is 2.05. The van der Waals surface area contributed by atoms with Crippen molar-refractivity contribution in [3.05, 3.63) is 53.1 Å². The minimum Gasteiger partial charge on any atom is -0.302 e. The largest absolute Gasteiger partial charge is 0.302 e. The molecule has 3 rings (SSSR count). The molecule has 0 atom stereocenters. The average Bonchev–Trinajstić information content (AvgIpc) is 3.14. The fraction of sp³-hybridized carbons (Fsp3) is 0.333. The van der Waals surface area contributed by atoms with Crippen LogP contribution in [0.5, 0.6) is 0 Å². The number of nitrogens with zero attached hydrogens (tertiary/aromatic N) is 3. The number of halogens is 1. The van der Waals surface area contributed by atoms with E-state index >= 15 is 0 Å². The van der Waals surface area contributed by atoms with Crippen LogP contribution in [0.4, 0.5) is 5.13 Å². The third-order valence-electron chi connectivity index (χ3n) is 4.87. The molecule has 9 heteroatoms. The lowest BCUT2D eigenvalue weighted by molar-refractivity contribution is 0.0984. The molecule has 0 saturated heterocycles. The number of carbonyl (C=O) groups is 1. The van der Waals surface area contributed by atoms with E-state index in [1.807, 2.05) is 6.07 Å². The van der Waals surface area contributed by atoms with Gasteiger partial charge in [-0.25, -0.2) is 13.4 Å². The molecule has 2 aromatic carbocycles. The zero-order valence-corrected chi connectivity index (χ0v) is 19.5. The van der Waals surface area contributed by atoms with Crippen molar-refractivity contribution in [2.45, 2.75) is 18.7 Å². The number of fused-ring (bicyclic) bond motifs is 1.